The standard InChI is InChI=1S/C29H31N3O2/c1-2-22-10-12-23(13-11-22)27-8-3-4-9-28(27)29(34)31-25-14-16-26(17-15-25)32(21-33)20-18-24-7-5-6-19-30-24/h5-7,10-17,19,21H,2-4,8-9,18,20H2,1H3,(H,31,34). The van der Waals surface area contributed by atoms with Crippen LogP contribution in [-0.2, 0) is 22.4 Å². The molecule has 0 unspecified atom stereocenters. The number of carbonyl (C=O) groups is 2. The summed E-state index contributed by atoms with van der Waals surface area (Å²) in [5.74, 6) is -0.0376. The molecule has 1 aliphatic carbocycles. The summed E-state index contributed by atoms with van der Waals surface area (Å²) in [5, 5.41) is 3.06. The van der Waals surface area contributed by atoms with Gasteiger partial charge < -0.3 is 10.2 Å². The van der Waals surface area contributed by atoms with Crippen LogP contribution in [-0.4, -0.2) is 23.8 Å². The normalized spacial score (nSPS) is 13.4. The Balaban J connectivity index is 1.44. The zero-order chi connectivity index (χ0) is 23.8. The predicted molar refractivity (Wildman–Crippen MR) is 138 cm³/mol. The van der Waals surface area contributed by atoms with Crippen molar-refractivity contribution in [3.63, 3.8) is 0 Å². The van der Waals surface area contributed by atoms with Gasteiger partial charge in [0.2, 0.25) is 6.41 Å². The van der Waals surface area contributed by atoms with Gasteiger partial charge in [-0.3, -0.25) is 14.6 Å². The van der Waals surface area contributed by atoms with Crippen LogP contribution in [0.5, 0.6) is 0 Å². The Kier molecular flexibility index (Phi) is 7.87. The van der Waals surface area contributed by atoms with E-state index in [0.717, 1.165) is 72.3 Å². The highest BCUT2D eigenvalue weighted by Crippen LogP contribution is 2.33. The molecule has 174 valence electrons. The molecule has 0 aliphatic heterocycles. The first-order valence-corrected chi connectivity index (χ1v) is 12.0. The number of allylic oxidation sites excluding steroid dienone is 1. The van der Waals surface area contributed by atoms with E-state index in [1.807, 2.05) is 42.5 Å². The molecule has 1 aromatic heterocycles. The van der Waals surface area contributed by atoms with E-state index in [9.17, 15) is 9.59 Å². The van der Waals surface area contributed by atoms with Crippen molar-refractivity contribution >= 4 is 29.3 Å². The lowest BCUT2D eigenvalue weighted by Crippen LogP contribution is -2.24. The number of hydrogen-bond donors (Lipinski definition) is 1. The van der Waals surface area contributed by atoms with Crippen LogP contribution in [0.2, 0.25) is 0 Å². The maximum Gasteiger partial charge on any atom is 0.251 e. The summed E-state index contributed by atoms with van der Waals surface area (Å²) >= 11 is 0. The van der Waals surface area contributed by atoms with Crippen molar-refractivity contribution in [1.29, 1.82) is 0 Å². The van der Waals surface area contributed by atoms with E-state index < -0.39 is 0 Å². The number of nitrogens with zero attached hydrogens (tertiary/aromatic N) is 2. The molecule has 0 radical (unpaired) electrons. The van der Waals surface area contributed by atoms with Gasteiger partial charge in [-0.25, -0.2) is 0 Å². The Morgan fingerprint density at radius 3 is 2.44 bits per heavy atom. The summed E-state index contributed by atoms with van der Waals surface area (Å²) in [7, 11) is 0. The van der Waals surface area contributed by atoms with Crippen LogP contribution in [0, 0.1) is 0 Å². The van der Waals surface area contributed by atoms with Gasteiger partial charge in [0.15, 0.2) is 0 Å². The third kappa shape index (κ3) is 5.79. The van der Waals surface area contributed by atoms with Crippen molar-refractivity contribution in [2.24, 2.45) is 0 Å². The molecule has 0 fully saturated rings. The van der Waals surface area contributed by atoms with Crippen LogP contribution in [0.4, 0.5) is 11.4 Å². The van der Waals surface area contributed by atoms with Crippen molar-refractivity contribution in [3.8, 4) is 0 Å². The predicted octanol–water partition coefficient (Wildman–Crippen LogP) is 5.82. The molecule has 34 heavy (non-hydrogen) atoms. The summed E-state index contributed by atoms with van der Waals surface area (Å²) in [6.45, 7) is 2.69. The molecule has 2 aromatic carbocycles. The number of benzene rings is 2. The Bertz CT molecular complexity index is 1140. The van der Waals surface area contributed by atoms with Gasteiger partial charge >= 0.3 is 0 Å². The fraction of sp³-hybridized carbons (Fsp3) is 0.276. The van der Waals surface area contributed by atoms with E-state index in [-0.39, 0.29) is 5.91 Å². The molecule has 2 amide bonds. The molecular weight excluding hydrogens is 422 g/mol. The lowest BCUT2D eigenvalue weighted by molar-refractivity contribution is -0.113. The molecule has 0 bridgehead atoms. The molecule has 1 N–H and O–H groups in total. The van der Waals surface area contributed by atoms with Crippen LogP contribution in [0.15, 0.2) is 78.5 Å². The summed E-state index contributed by atoms with van der Waals surface area (Å²) in [5.41, 5.74) is 6.94. The van der Waals surface area contributed by atoms with Gasteiger partial charge in [0.25, 0.3) is 5.91 Å². The molecule has 3 aromatic rings. The average Bonchev–Trinajstić information content (AvgIpc) is 2.90. The van der Waals surface area contributed by atoms with Crippen molar-refractivity contribution in [1.82, 2.24) is 4.98 Å². The molecule has 5 heteroatoms. The molecule has 0 spiro atoms. The van der Waals surface area contributed by atoms with Crippen LogP contribution >= 0.6 is 0 Å². The first-order valence-electron chi connectivity index (χ1n) is 12.0. The second-order valence-electron chi connectivity index (χ2n) is 8.59. The third-order valence-electron chi connectivity index (χ3n) is 6.37. The minimum Gasteiger partial charge on any atom is -0.322 e. The fourth-order valence-corrected chi connectivity index (χ4v) is 4.38. The molecule has 0 atom stereocenters. The van der Waals surface area contributed by atoms with E-state index in [0.29, 0.717) is 13.0 Å². The highest BCUT2D eigenvalue weighted by atomic mass is 16.1. The lowest BCUT2D eigenvalue weighted by Gasteiger charge is -2.21. The maximum atomic E-state index is 13.2. The van der Waals surface area contributed by atoms with Gasteiger partial charge in [0.05, 0.1) is 0 Å². The van der Waals surface area contributed by atoms with Crippen molar-refractivity contribution < 1.29 is 9.59 Å². The number of pyridine rings is 1. The van der Waals surface area contributed by atoms with E-state index in [2.05, 4.69) is 41.5 Å². The monoisotopic (exact) mass is 453 g/mol. The highest BCUT2D eigenvalue weighted by Gasteiger charge is 2.20. The SMILES string of the molecule is CCc1ccc(C2=C(C(=O)Nc3ccc(N(C=O)CCc4ccccn4)cc3)CCCC2)cc1. The van der Waals surface area contributed by atoms with Crippen molar-refractivity contribution in [3.05, 3.63) is 95.3 Å². The summed E-state index contributed by atoms with van der Waals surface area (Å²) in [6, 6.07) is 21.8. The van der Waals surface area contributed by atoms with Gasteiger partial charge in [0.1, 0.15) is 0 Å². The smallest absolute Gasteiger partial charge is 0.251 e. The first-order chi connectivity index (χ1) is 16.7. The Morgan fingerprint density at radius 1 is 1.00 bits per heavy atom. The maximum absolute atomic E-state index is 13.2. The number of aryl methyl sites for hydroxylation is 1. The number of aromatic nitrogens is 1. The Labute approximate surface area is 201 Å². The van der Waals surface area contributed by atoms with Crippen molar-refractivity contribution in [2.45, 2.75) is 45.4 Å². The first kappa shape index (κ1) is 23.4. The van der Waals surface area contributed by atoms with Crippen LogP contribution in [0.1, 0.15) is 49.4 Å². The minimum absolute atomic E-state index is 0.0376. The molecule has 4 rings (SSSR count). The van der Waals surface area contributed by atoms with E-state index in [1.54, 1.807) is 11.1 Å². The van der Waals surface area contributed by atoms with Gasteiger partial charge in [-0.15, -0.1) is 0 Å². The van der Waals surface area contributed by atoms with Gasteiger partial charge in [-0.2, -0.15) is 0 Å². The van der Waals surface area contributed by atoms with Gasteiger partial charge in [-0.05, 0) is 85.2 Å². The summed E-state index contributed by atoms with van der Waals surface area (Å²) in [6.07, 6.45) is 8.13. The lowest BCUT2D eigenvalue weighted by atomic mass is 9.86. The minimum atomic E-state index is -0.0376. The van der Waals surface area contributed by atoms with E-state index in [4.69, 9.17) is 0 Å². The van der Waals surface area contributed by atoms with Crippen LogP contribution < -0.4 is 10.2 Å². The number of hydrogen-bond acceptors (Lipinski definition) is 3. The molecule has 0 saturated heterocycles. The fourth-order valence-electron chi connectivity index (χ4n) is 4.38. The summed E-state index contributed by atoms with van der Waals surface area (Å²) < 4.78 is 0. The number of nitrogens with one attached hydrogen (secondary N) is 1. The van der Waals surface area contributed by atoms with Crippen LogP contribution in [0.25, 0.3) is 5.57 Å². The number of rotatable bonds is 9. The number of anilines is 2. The molecule has 1 aliphatic rings. The largest absolute Gasteiger partial charge is 0.322 e. The molecule has 5 nitrogen and oxygen atoms in total. The second-order valence-corrected chi connectivity index (χ2v) is 8.59. The topological polar surface area (TPSA) is 62.3 Å². The Hall–Kier alpha value is -3.73. The van der Waals surface area contributed by atoms with E-state index in [1.165, 1.54) is 5.56 Å². The second kappa shape index (κ2) is 11.4. The van der Waals surface area contributed by atoms with Crippen molar-refractivity contribution in [2.75, 3.05) is 16.8 Å². The number of carbonyl (C=O) groups excluding carboxylic acids is 2. The van der Waals surface area contributed by atoms with Crippen LogP contribution in [0.3, 0.4) is 0 Å². The third-order valence-corrected chi connectivity index (χ3v) is 6.37. The zero-order valence-electron chi connectivity index (χ0n) is 19.7. The quantitative estimate of drug-likeness (QED) is 0.416. The Morgan fingerprint density at radius 2 is 1.76 bits per heavy atom. The molecule has 1 heterocycles. The van der Waals surface area contributed by atoms with Gasteiger partial charge in [0, 0.05) is 41.8 Å². The summed E-state index contributed by atoms with van der Waals surface area (Å²) in [4.78, 5) is 30.8. The molecule has 0 saturated carbocycles. The average molecular weight is 454 g/mol. The van der Waals surface area contributed by atoms with E-state index >= 15 is 0 Å². The number of amides is 2. The zero-order valence-corrected chi connectivity index (χ0v) is 19.7. The molecular formula is C29H31N3O2. The van der Waals surface area contributed by atoms with Gasteiger partial charge in [-0.1, -0.05) is 37.3 Å². The highest BCUT2D eigenvalue weighted by molar-refractivity contribution is 6.09.